The van der Waals surface area contributed by atoms with Crippen LogP contribution in [0.15, 0.2) is 0 Å². The fourth-order valence-electron chi connectivity index (χ4n) is 3.11. The summed E-state index contributed by atoms with van der Waals surface area (Å²) in [5, 5.41) is 3.82. The minimum atomic E-state index is 0.456. The number of hydrogen-bond acceptors (Lipinski definition) is 1. The SMILES string of the molecule is CCCNC(CC(C)(C)C)C1CCCCCC1. The molecule has 1 aliphatic carbocycles. The average molecular weight is 239 g/mol. The molecule has 1 atom stereocenters. The lowest BCUT2D eigenvalue weighted by Crippen LogP contribution is -2.39. The zero-order valence-corrected chi connectivity index (χ0v) is 12.5. The highest BCUT2D eigenvalue weighted by Crippen LogP contribution is 2.31. The average Bonchev–Trinajstić information content (AvgIpc) is 2.51. The summed E-state index contributed by atoms with van der Waals surface area (Å²) < 4.78 is 0. The lowest BCUT2D eigenvalue weighted by molar-refractivity contribution is 0.230. The van der Waals surface area contributed by atoms with Crippen molar-refractivity contribution in [2.24, 2.45) is 11.3 Å². The number of nitrogens with one attached hydrogen (secondary N) is 1. The van der Waals surface area contributed by atoms with Crippen molar-refractivity contribution < 1.29 is 0 Å². The second-order valence-electron chi connectivity index (χ2n) is 7.08. The van der Waals surface area contributed by atoms with E-state index in [0.29, 0.717) is 5.41 Å². The first-order valence-corrected chi connectivity index (χ1v) is 7.76. The van der Waals surface area contributed by atoms with E-state index in [2.05, 4.69) is 33.0 Å². The van der Waals surface area contributed by atoms with Gasteiger partial charge in [0.1, 0.15) is 0 Å². The van der Waals surface area contributed by atoms with Crippen molar-refractivity contribution in [2.75, 3.05) is 6.54 Å². The summed E-state index contributed by atoms with van der Waals surface area (Å²) in [7, 11) is 0. The standard InChI is InChI=1S/C16H33N/c1-5-12-17-15(13-16(2,3)4)14-10-8-6-7-9-11-14/h14-15,17H,5-13H2,1-4H3. The van der Waals surface area contributed by atoms with Gasteiger partial charge in [-0.25, -0.2) is 0 Å². The van der Waals surface area contributed by atoms with Crippen LogP contribution in [-0.2, 0) is 0 Å². The summed E-state index contributed by atoms with van der Waals surface area (Å²) in [5.74, 6) is 0.934. The Morgan fingerprint density at radius 2 is 1.65 bits per heavy atom. The fourth-order valence-corrected chi connectivity index (χ4v) is 3.11. The van der Waals surface area contributed by atoms with Gasteiger partial charge in [-0.1, -0.05) is 53.4 Å². The summed E-state index contributed by atoms with van der Waals surface area (Å²) in [5.41, 5.74) is 0.456. The third-order valence-electron chi connectivity index (χ3n) is 3.96. The van der Waals surface area contributed by atoms with Crippen molar-refractivity contribution in [3.63, 3.8) is 0 Å². The van der Waals surface area contributed by atoms with Crippen LogP contribution in [0.5, 0.6) is 0 Å². The van der Waals surface area contributed by atoms with E-state index >= 15 is 0 Å². The Hall–Kier alpha value is -0.0400. The molecular formula is C16H33N. The summed E-state index contributed by atoms with van der Waals surface area (Å²) in [6, 6.07) is 0.757. The van der Waals surface area contributed by atoms with Crippen LogP contribution >= 0.6 is 0 Å². The van der Waals surface area contributed by atoms with Gasteiger partial charge >= 0.3 is 0 Å². The van der Waals surface area contributed by atoms with Crippen LogP contribution in [-0.4, -0.2) is 12.6 Å². The molecule has 0 heterocycles. The van der Waals surface area contributed by atoms with E-state index in [1.54, 1.807) is 0 Å². The van der Waals surface area contributed by atoms with Crippen molar-refractivity contribution in [3.8, 4) is 0 Å². The second-order valence-corrected chi connectivity index (χ2v) is 7.08. The molecule has 0 bridgehead atoms. The smallest absolute Gasteiger partial charge is 0.0100 e. The molecule has 0 aliphatic heterocycles. The van der Waals surface area contributed by atoms with E-state index in [4.69, 9.17) is 0 Å². The molecule has 1 fully saturated rings. The van der Waals surface area contributed by atoms with Gasteiger partial charge < -0.3 is 5.32 Å². The molecule has 0 amide bonds. The topological polar surface area (TPSA) is 12.0 Å². The van der Waals surface area contributed by atoms with Gasteiger partial charge in [-0.05, 0) is 43.6 Å². The maximum Gasteiger partial charge on any atom is 0.0100 e. The van der Waals surface area contributed by atoms with E-state index in [1.165, 1.54) is 57.9 Å². The van der Waals surface area contributed by atoms with Crippen molar-refractivity contribution in [1.82, 2.24) is 5.32 Å². The normalized spacial score (nSPS) is 21.2. The molecule has 0 saturated heterocycles. The summed E-state index contributed by atoms with van der Waals surface area (Å²) in [4.78, 5) is 0. The maximum absolute atomic E-state index is 3.82. The van der Waals surface area contributed by atoms with Gasteiger partial charge in [-0.15, -0.1) is 0 Å². The van der Waals surface area contributed by atoms with E-state index in [1.807, 2.05) is 0 Å². The Morgan fingerprint density at radius 3 is 2.12 bits per heavy atom. The van der Waals surface area contributed by atoms with Crippen LogP contribution in [0.1, 0.15) is 79.1 Å². The van der Waals surface area contributed by atoms with Gasteiger partial charge in [-0.2, -0.15) is 0 Å². The van der Waals surface area contributed by atoms with Gasteiger partial charge in [0.25, 0.3) is 0 Å². The molecule has 102 valence electrons. The van der Waals surface area contributed by atoms with Gasteiger partial charge in [0, 0.05) is 6.04 Å². The van der Waals surface area contributed by atoms with Gasteiger partial charge in [0.2, 0.25) is 0 Å². The van der Waals surface area contributed by atoms with Crippen LogP contribution in [0.3, 0.4) is 0 Å². The van der Waals surface area contributed by atoms with Gasteiger partial charge in [0.05, 0.1) is 0 Å². The van der Waals surface area contributed by atoms with Crippen LogP contribution in [0.2, 0.25) is 0 Å². The first-order valence-electron chi connectivity index (χ1n) is 7.76. The highest BCUT2D eigenvalue weighted by molar-refractivity contribution is 4.82. The van der Waals surface area contributed by atoms with E-state index in [0.717, 1.165) is 12.0 Å². The third kappa shape index (κ3) is 6.45. The van der Waals surface area contributed by atoms with Crippen molar-refractivity contribution >= 4 is 0 Å². The van der Waals surface area contributed by atoms with Crippen molar-refractivity contribution in [1.29, 1.82) is 0 Å². The monoisotopic (exact) mass is 239 g/mol. The van der Waals surface area contributed by atoms with Crippen LogP contribution < -0.4 is 5.32 Å². The molecule has 0 aromatic rings. The van der Waals surface area contributed by atoms with Crippen LogP contribution in [0, 0.1) is 11.3 Å². The van der Waals surface area contributed by atoms with Crippen LogP contribution in [0.25, 0.3) is 0 Å². The lowest BCUT2D eigenvalue weighted by atomic mass is 9.80. The fraction of sp³-hybridized carbons (Fsp3) is 1.00. The largest absolute Gasteiger partial charge is 0.314 e. The molecule has 17 heavy (non-hydrogen) atoms. The highest BCUT2D eigenvalue weighted by atomic mass is 14.9. The number of rotatable bonds is 5. The lowest BCUT2D eigenvalue weighted by Gasteiger charge is -2.33. The third-order valence-corrected chi connectivity index (χ3v) is 3.96. The maximum atomic E-state index is 3.82. The molecule has 0 radical (unpaired) electrons. The number of hydrogen-bond donors (Lipinski definition) is 1. The van der Waals surface area contributed by atoms with E-state index < -0.39 is 0 Å². The highest BCUT2D eigenvalue weighted by Gasteiger charge is 2.26. The predicted molar refractivity (Wildman–Crippen MR) is 77.3 cm³/mol. The minimum absolute atomic E-state index is 0.456. The van der Waals surface area contributed by atoms with Gasteiger partial charge in [-0.3, -0.25) is 0 Å². The molecule has 0 spiro atoms. The second kappa shape index (κ2) is 7.41. The predicted octanol–water partition coefficient (Wildman–Crippen LogP) is 4.76. The summed E-state index contributed by atoms with van der Waals surface area (Å²) in [6.45, 7) is 10.6. The molecule has 1 rings (SSSR count). The van der Waals surface area contributed by atoms with Crippen LogP contribution in [0.4, 0.5) is 0 Å². The summed E-state index contributed by atoms with van der Waals surface area (Å²) in [6.07, 6.45) is 11.3. The van der Waals surface area contributed by atoms with Crippen molar-refractivity contribution in [3.05, 3.63) is 0 Å². The Kier molecular flexibility index (Phi) is 6.54. The van der Waals surface area contributed by atoms with Crippen molar-refractivity contribution in [2.45, 2.75) is 85.1 Å². The molecule has 1 heteroatoms. The quantitative estimate of drug-likeness (QED) is 0.682. The Morgan fingerprint density at radius 1 is 1.06 bits per heavy atom. The first-order chi connectivity index (χ1) is 8.03. The molecule has 0 aromatic carbocycles. The Bertz CT molecular complexity index is 184. The van der Waals surface area contributed by atoms with E-state index in [-0.39, 0.29) is 0 Å². The zero-order valence-electron chi connectivity index (χ0n) is 12.5. The molecule has 1 N–H and O–H groups in total. The minimum Gasteiger partial charge on any atom is -0.314 e. The first kappa shape index (κ1) is 15.0. The van der Waals surface area contributed by atoms with E-state index in [9.17, 15) is 0 Å². The summed E-state index contributed by atoms with van der Waals surface area (Å²) >= 11 is 0. The Balaban J connectivity index is 2.53. The molecule has 1 aliphatic rings. The molecule has 1 unspecified atom stereocenters. The zero-order chi connectivity index (χ0) is 12.7. The molecule has 1 nitrogen and oxygen atoms in total. The van der Waals surface area contributed by atoms with Gasteiger partial charge in [0.15, 0.2) is 0 Å². The molecule has 1 saturated carbocycles. The molecule has 0 aromatic heterocycles. The molecular weight excluding hydrogens is 206 g/mol. The Labute approximate surface area is 109 Å².